The van der Waals surface area contributed by atoms with Crippen molar-refractivity contribution < 1.29 is 8.42 Å². The monoisotopic (exact) mass is 330 g/mol. The molecule has 0 bridgehead atoms. The van der Waals surface area contributed by atoms with E-state index in [-0.39, 0.29) is 17.5 Å². The van der Waals surface area contributed by atoms with E-state index in [9.17, 15) is 8.42 Å². The van der Waals surface area contributed by atoms with Gasteiger partial charge in [-0.15, -0.1) is 0 Å². The van der Waals surface area contributed by atoms with Crippen LogP contribution in [0.2, 0.25) is 5.02 Å². The van der Waals surface area contributed by atoms with Gasteiger partial charge in [-0.05, 0) is 53.1 Å². The van der Waals surface area contributed by atoms with Gasteiger partial charge in [0, 0.05) is 17.6 Å². The molecule has 0 aliphatic carbocycles. The van der Waals surface area contributed by atoms with Crippen molar-refractivity contribution in [1.82, 2.24) is 4.72 Å². The highest BCUT2D eigenvalue weighted by Crippen LogP contribution is 2.22. The number of sulfonamides is 1. The molecule has 1 aromatic heterocycles. The van der Waals surface area contributed by atoms with E-state index in [1.54, 1.807) is 13.0 Å². The SMILES string of the molecule is CC(NS(=O)(=O)c1ccc(Cl)c(CN)c1)c1ccsc1. The standard InChI is InChI=1S/C13H15ClN2O2S2/c1-9(10-4-5-19-8-10)16-20(17,18)12-2-3-13(14)11(6-12)7-15/h2-6,8-9,16H,7,15H2,1H3. The summed E-state index contributed by atoms with van der Waals surface area (Å²) in [6, 6.07) is 6.14. The van der Waals surface area contributed by atoms with E-state index < -0.39 is 10.0 Å². The molecule has 0 aliphatic heterocycles. The highest BCUT2D eigenvalue weighted by Gasteiger charge is 2.19. The summed E-state index contributed by atoms with van der Waals surface area (Å²) in [5.74, 6) is 0. The van der Waals surface area contributed by atoms with E-state index >= 15 is 0 Å². The van der Waals surface area contributed by atoms with Gasteiger partial charge in [0.25, 0.3) is 0 Å². The minimum absolute atomic E-state index is 0.171. The zero-order valence-electron chi connectivity index (χ0n) is 10.8. The molecule has 20 heavy (non-hydrogen) atoms. The maximum atomic E-state index is 12.3. The molecule has 7 heteroatoms. The van der Waals surface area contributed by atoms with Crippen LogP contribution >= 0.6 is 22.9 Å². The van der Waals surface area contributed by atoms with E-state index in [0.29, 0.717) is 10.6 Å². The average Bonchev–Trinajstić information content (AvgIpc) is 2.92. The summed E-state index contributed by atoms with van der Waals surface area (Å²) < 4.78 is 27.3. The van der Waals surface area contributed by atoms with Crippen molar-refractivity contribution >= 4 is 33.0 Å². The van der Waals surface area contributed by atoms with Crippen molar-refractivity contribution in [2.24, 2.45) is 5.73 Å². The van der Waals surface area contributed by atoms with Crippen LogP contribution in [0.5, 0.6) is 0 Å². The van der Waals surface area contributed by atoms with Crippen molar-refractivity contribution in [3.63, 3.8) is 0 Å². The molecule has 3 N–H and O–H groups in total. The first-order chi connectivity index (χ1) is 9.44. The third kappa shape index (κ3) is 3.39. The first kappa shape index (κ1) is 15.5. The Morgan fingerprint density at radius 3 is 2.75 bits per heavy atom. The summed E-state index contributed by atoms with van der Waals surface area (Å²) >= 11 is 7.47. The van der Waals surface area contributed by atoms with Crippen LogP contribution in [0.3, 0.4) is 0 Å². The minimum Gasteiger partial charge on any atom is -0.326 e. The molecule has 0 amide bonds. The molecule has 0 radical (unpaired) electrons. The molecule has 2 rings (SSSR count). The lowest BCUT2D eigenvalue weighted by atomic mass is 10.2. The van der Waals surface area contributed by atoms with Crippen molar-refractivity contribution in [3.05, 3.63) is 51.2 Å². The molecule has 0 aliphatic rings. The zero-order valence-corrected chi connectivity index (χ0v) is 13.2. The van der Waals surface area contributed by atoms with Crippen LogP contribution in [0.25, 0.3) is 0 Å². The third-order valence-corrected chi connectivity index (χ3v) is 5.53. The number of rotatable bonds is 5. The summed E-state index contributed by atoms with van der Waals surface area (Å²) in [6.45, 7) is 2.00. The third-order valence-electron chi connectivity index (χ3n) is 2.92. The number of halogens is 1. The van der Waals surface area contributed by atoms with Crippen LogP contribution in [0.4, 0.5) is 0 Å². The molecular formula is C13H15ClN2O2S2. The Bertz CT molecular complexity index is 684. The number of hydrogen-bond donors (Lipinski definition) is 2. The summed E-state index contributed by atoms with van der Waals surface area (Å²) in [5.41, 5.74) is 7.09. The predicted octanol–water partition coefficient (Wildman–Crippen LogP) is 2.90. The summed E-state index contributed by atoms with van der Waals surface area (Å²) in [7, 11) is -3.59. The van der Waals surface area contributed by atoms with Crippen LogP contribution in [0, 0.1) is 0 Å². The Balaban J connectivity index is 2.26. The molecule has 108 valence electrons. The van der Waals surface area contributed by atoms with Crippen LogP contribution in [-0.2, 0) is 16.6 Å². The highest BCUT2D eigenvalue weighted by molar-refractivity contribution is 7.89. The Kier molecular flexibility index (Phi) is 4.82. The second-order valence-electron chi connectivity index (χ2n) is 4.36. The van der Waals surface area contributed by atoms with Gasteiger partial charge in [-0.25, -0.2) is 13.1 Å². The van der Waals surface area contributed by atoms with Crippen molar-refractivity contribution in [2.75, 3.05) is 0 Å². The fourth-order valence-electron chi connectivity index (χ4n) is 1.76. The zero-order chi connectivity index (χ0) is 14.8. The summed E-state index contributed by atoms with van der Waals surface area (Å²) in [4.78, 5) is 0.171. The van der Waals surface area contributed by atoms with Gasteiger partial charge in [0.2, 0.25) is 10.0 Å². The Hall–Kier alpha value is -0.920. The van der Waals surface area contributed by atoms with Gasteiger partial charge >= 0.3 is 0 Å². The largest absolute Gasteiger partial charge is 0.326 e. The van der Waals surface area contributed by atoms with E-state index in [0.717, 1.165) is 5.56 Å². The second kappa shape index (κ2) is 6.24. The molecule has 1 aromatic carbocycles. The van der Waals surface area contributed by atoms with E-state index in [4.69, 9.17) is 17.3 Å². The molecule has 0 fully saturated rings. The molecule has 0 saturated carbocycles. The van der Waals surface area contributed by atoms with Crippen LogP contribution in [0.15, 0.2) is 39.9 Å². The normalized spacial score (nSPS) is 13.3. The molecule has 1 heterocycles. The lowest BCUT2D eigenvalue weighted by molar-refractivity contribution is 0.567. The Morgan fingerprint density at radius 2 is 2.15 bits per heavy atom. The maximum Gasteiger partial charge on any atom is 0.241 e. The molecule has 1 atom stereocenters. The van der Waals surface area contributed by atoms with Gasteiger partial charge in [0.05, 0.1) is 4.90 Å². The fraction of sp³-hybridized carbons (Fsp3) is 0.231. The number of thiophene rings is 1. The molecule has 0 spiro atoms. The fourth-order valence-corrected chi connectivity index (χ4v) is 4.00. The highest BCUT2D eigenvalue weighted by atomic mass is 35.5. The lowest BCUT2D eigenvalue weighted by Crippen LogP contribution is -2.26. The molecule has 1 unspecified atom stereocenters. The van der Waals surface area contributed by atoms with E-state index in [2.05, 4.69) is 4.72 Å². The molecular weight excluding hydrogens is 316 g/mol. The quantitative estimate of drug-likeness (QED) is 0.885. The number of benzene rings is 1. The van der Waals surface area contributed by atoms with Crippen molar-refractivity contribution in [1.29, 1.82) is 0 Å². The Labute approximate surface area is 127 Å². The number of nitrogens with one attached hydrogen (secondary N) is 1. The molecule has 2 aromatic rings. The van der Waals surface area contributed by atoms with Gasteiger partial charge in [-0.1, -0.05) is 11.6 Å². The maximum absolute atomic E-state index is 12.3. The van der Waals surface area contributed by atoms with Gasteiger partial charge in [0.1, 0.15) is 0 Å². The van der Waals surface area contributed by atoms with Gasteiger partial charge < -0.3 is 5.73 Å². The summed E-state index contributed by atoms with van der Waals surface area (Å²) in [6.07, 6.45) is 0. The van der Waals surface area contributed by atoms with Crippen LogP contribution < -0.4 is 10.5 Å². The number of hydrogen-bond acceptors (Lipinski definition) is 4. The van der Waals surface area contributed by atoms with E-state index in [1.165, 1.54) is 23.5 Å². The van der Waals surface area contributed by atoms with Gasteiger partial charge in [-0.2, -0.15) is 11.3 Å². The van der Waals surface area contributed by atoms with Crippen LogP contribution in [0.1, 0.15) is 24.1 Å². The first-order valence-corrected chi connectivity index (χ1v) is 8.77. The smallest absolute Gasteiger partial charge is 0.241 e. The predicted molar refractivity (Wildman–Crippen MR) is 82.4 cm³/mol. The number of nitrogens with two attached hydrogens (primary N) is 1. The Morgan fingerprint density at radius 1 is 1.40 bits per heavy atom. The molecule has 0 saturated heterocycles. The second-order valence-corrected chi connectivity index (χ2v) is 7.26. The average molecular weight is 331 g/mol. The first-order valence-electron chi connectivity index (χ1n) is 5.97. The lowest BCUT2D eigenvalue weighted by Gasteiger charge is -2.14. The van der Waals surface area contributed by atoms with Gasteiger partial charge in [-0.3, -0.25) is 0 Å². The van der Waals surface area contributed by atoms with Gasteiger partial charge in [0.15, 0.2) is 0 Å². The van der Waals surface area contributed by atoms with Crippen molar-refractivity contribution in [3.8, 4) is 0 Å². The van der Waals surface area contributed by atoms with E-state index in [1.807, 2.05) is 16.8 Å². The minimum atomic E-state index is -3.59. The topological polar surface area (TPSA) is 72.2 Å². The molecule has 4 nitrogen and oxygen atoms in total. The summed E-state index contributed by atoms with van der Waals surface area (Å²) in [5, 5.41) is 4.30. The van der Waals surface area contributed by atoms with Crippen LogP contribution in [-0.4, -0.2) is 8.42 Å². The van der Waals surface area contributed by atoms with Crippen molar-refractivity contribution in [2.45, 2.75) is 24.4 Å².